The Hall–Kier alpha value is -0.850. The van der Waals surface area contributed by atoms with Crippen LogP contribution in [0.15, 0.2) is 15.9 Å². The van der Waals surface area contributed by atoms with Crippen molar-refractivity contribution in [1.29, 1.82) is 0 Å². The van der Waals surface area contributed by atoms with Crippen molar-refractivity contribution in [3.63, 3.8) is 0 Å². The lowest BCUT2D eigenvalue weighted by Crippen LogP contribution is -2.14. The second-order valence-corrected chi connectivity index (χ2v) is 4.19. The molecule has 0 spiro atoms. The predicted molar refractivity (Wildman–Crippen MR) is 55.0 cm³/mol. The number of aromatic carboxylic acids is 1. The van der Waals surface area contributed by atoms with Gasteiger partial charge in [-0.2, -0.15) is 0 Å². The minimum atomic E-state index is -0.912. The number of hydrogen-bond donors (Lipinski definition) is 1. The molecule has 1 N–H and O–H groups in total. The first-order valence-corrected chi connectivity index (χ1v) is 4.88. The van der Waals surface area contributed by atoms with E-state index in [9.17, 15) is 4.79 Å². The third kappa shape index (κ3) is 1.48. The van der Waals surface area contributed by atoms with Crippen LogP contribution in [0.2, 0.25) is 0 Å². The highest BCUT2D eigenvalue weighted by Gasteiger charge is 2.17. The van der Waals surface area contributed by atoms with Crippen molar-refractivity contribution >= 4 is 28.6 Å². The largest absolute Gasteiger partial charge is 0.477 e. The minimum Gasteiger partial charge on any atom is -0.477 e. The second-order valence-electron chi connectivity index (χ2n) is 2.81. The maximum absolute atomic E-state index is 10.8. The van der Waals surface area contributed by atoms with Crippen LogP contribution < -0.4 is 0 Å². The number of carboxylic acid groups (broad SMARTS) is 1. The highest BCUT2D eigenvalue weighted by atomic mass is 127. The molecule has 0 atom stereocenters. The molecule has 2 rings (SSSR count). The molecule has 0 aliphatic carbocycles. The molecule has 1 aliphatic rings. The summed E-state index contributed by atoms with van der Waals surface area (Å²) in [5.74, 6) is -0.0809. The predicted octanol–water partition coefficient (Wildman–Crippen LogP) is 1.46. The van der Waals surface area contributed by atoms with E-state index < -0.39 is 5.97 Å². The lowest BCUT2D eigenvalue weighted by Gasteiger charge is -2.12. The molecule has 1 aliphatic heterocycles. The monoisotopic (exact) mass is 290 g/mol. The molecule has 1 aromatic heterocycles. The Kier molecular flexibility index (Phi) is 2.10. The van der Waals surface area contributed by atoms with Crippen LogP contribution in [0.5, 0.6) is 0 Å². The van der Waals surface area contributed by atoms with E-state index in [1.807, 2.05) is 0 Å². The van der Waals surface area contributed by atoms with Crippen LogP contribution in [-0.2, 0) is 13.0 Å². The molecular formula is C8H7IN2O2. The van der Waals surface area contributed by atoms with Gasteiger partial charge in [0.1, 0.15) is 11.5 Å². The van der Waals surface area contributed by atoms with Crippen molar-refractivity contribution < 1.29 is 9.90 Å². The first-order valence-electron chi connectivity index (χ1n) is 3.80. The summed E-state index contributed by atoms with van der Waals surface area (Å²) >= 11 is 2.21. The van der Waals surface area contributed by atoms with Gasteiger partial charge in [0.2, 0.25) is 0 Å². The van der Waals surface area contributed by atoms with Gasteiger partial charge in [0, 0.05) is 10.0 Å². The number of allylic oxidation sites excluding steroid dienone is 2. The molecule has 0 unspecified atom stereocenters. The van der Waals surface area contributed by atoms with Crippen molar-refractivity contribution in [1.82, 2.24) is 9.55 Å². The van der Waals surface area contributed by atoms with Gasteiger partial charge in [-0.3, -0.25) is 0 Å². The smallest absolute Gasteiger partial charge is 0.354 e. The Labute approximate surface area is 88.4 Å². The molecule has 0 saturated heterocycles. The number of halogens is 1. The maximum atomic E-state index is 10.8. The number of hydrogen-bond acceptors (Lipinski definition) is 2. The average Bonchev–Trinajstić information content (AvgIpc) is 2.46. The number of fused-ring (bicyclic) bond motifs is 1. The summed E-state index contributed by atoms with van der Waals surface area (Å²) in [5, 5.41) is 8.83. The number of imidazole rings is 1. The zero-order valence-electron chi connectivity index (χ0n) is 6.70. The number of carboxylic acids is 1. The van der Waals surface area contributed by atoms with E-state index in [0.717, 1.165) is 15.8 Å². The van der Waals surface area contributed by atoms with Gasteiger partial charge in [0.25, 0.3) is 0 Å². The molecule has 0 fully saturated rings. The summed E-state index contributed by atoms with van der Waals surface area (Å²) in [6.07, 6.45) is 4.21. The molecule has 0 saturated carbocycles. The van der Waals surface area contributed by atoms with Crippen LogP contribution in [0, 0.1) is 0 Å². The number of rotatable bonds is 1. The summed E-state index contributed by atoms with van der Waals surface area (Å²) < 4.78 is 2.90. The molecule has 68 valence electrons. The first kappa shape index (κ1) is 8.74. The lowest BCUT2D eigenvalue weighted by molar-refractivity contribution is 0.0685. The fraction of sp³-hybridized carbons (Fsp3) is 0.250. The highest BCUT2D eigenvalue weighted by molar-refractivity contribution is 14.1. The molecule has 1 aromatic rings. The van der Waals surface area contributed by atoms with Crippen molar-refractivity contribution in [2.24, 2.45) is 0 Å². The van der Waals surface area contributed by atoms with E-state index >= 15 is 0 Å². The van der Waals surface area contributed by atoms with E-state index in [0.29, 0.717) is 6.54 Å². The third-order valence-electron chi connectivity index (χ3n) is 1.97. The number of nitrogens with zero attached hydrogens (tertiary/aromatic N) is 2. The fourth-order valence-corrected chi connectivity index (χ4v) is 1.90. The average molecular weight is 290 g/mol. The van der Waals surface area contributed by atoms with Crippen LogP contribution in [0.25, 0.3) is 0 Å². The molecular weight excluding hydrogens is 283 g/mol. The standard InChI is InChI=1S/C8H7IN2O2/c9-5-1-2-7-10-3-6(8(12)13)11(7)4-5/h1,3H,2,4H2,(H,12,13). The SMILES string of the molecule is O=C(O)c1cnc2n1CC(I)=CC2. The molecule has 5 heteroatoms. The maximum Gasteiger partial charge on any atom is 0.354 e. The van der Waals surface area contributed by atoms with E-state index in [1.165, 1.54) is 6.20 Å². The van der Waals surface area contributed by atoms with Crippen LogP contribution in [0.3, 0.4) is 0 Å². The van der Waals surface area contributed by atoms with Crippen LogP contribution >= 0.6 is 22.6 Å². The summed E-state index contributed by atoms with van der Waals surface area (Å²) in [6, 6.07) is 0. The zero-order chi connectivity index (χ0) is 9.42. The summed E-state index contributed by atoms with van der Waals surface area (Å²) in [6.45, 7) is 0.636. The number of aromatic nitrogens is 2. The van der Waals surface area contributed by atoms with E-state index in [2.05, 4.69) is 33.7 Å². The zero-order valence-corrected chi connectivity index (χ0v) is 8.85. The molecule has 13 heavy (non-hydrogen) atoms. The second kappa shape index (κ2) is 3.13. The summed E-state index contributed by atoms with van der Waals surface area (Å²) in [5.41, 5.74) is 0.275. The molecule has 2 heterocycles. The van der Waals surface area contributed by atoms with Gasteiger partial charge < -0.3 is 9.67 Å². The number of carbonyl (C=O) groups is 1. The van der Waals surface area contributed by atoms with Crippen molar-refractivity contribution in [3.8, 4) is 0 Å². The minimum absolute atomic E-state index is 0.275. The highest BCUT2D eigenvalue weighted by Crippen LogP contribution is 2.20. The Morgan fingerprint density at radius 3 is 3.15 bits per heavy atom. The van der Waals surface area contributed by atoms with Gasteiger partial charge >= 0.3 is 5.97 Å². The van der Waals surface area contributed by atoms with E-state index in [4.69, 9.17) is 5.11 Å². The first-order chi connectivity index (χ1) is 6.18. The molecule has 0 bridgehead atoms. The quantitative estimate of drug-likeness (QED) is 0.797. The molecule has 0 aromatic carbocycles. The van der Waals surface area contributed by atoms with Gasteiger partial charge in [-0.25, -0.2) is 9.78 Å². The fourth-order valence-electron chi connectivity index (χ4n) is 1.34. The molecule has 0 radical (unpaired) electrons. The topological polar surface area (TPSA) is 55.1 Å². The van der Waals surface area contributed by atoms with Gasteiger partial charge in [-0.15, -0.1) is 0 Å². The van der Waals surface area contributed by atoms with Crippen LogP contribution in [0.4, 0.5) is 0 Å². The lowest BCUT2D eigenvalue weighted by atomic mass is 10.3. The van der Waals surface area contributed by atoms with Gasteiger partial charge in [-0.05, 0) is 22.6 Å². The summed E-state index contributed by atoms with van der Waals surface area (Å²) in [4.78, 5) is 14.8. The Morgan fingerprint density at radius 2 is 2.46 bits per heavy atom. The van der Waals surface area contributed by atoms with Crippen LogP contribution in [0.1, 0.15) is 16.3 Å². The van der Waals surface area contributed by atoms with Gasteiger partial charge in [0.15, 0.2) is 0 Å². The Balaban J connectivity index is 2.45. The molecule has 0 amide bonds. The van der Waals surface area contributed by atoms with E-state index in [1.54, 1.807) is 4.57 Å². The van der Waals surface area contributed by atoms with Gasteiger partial charge in [-0.1, -0.05) is 6.08 Å². The van der Waals surface area contributed by atoms with E-state index in [-0.39, 0.29) is 5.69 Å². The Morgan fingerprint density at radius 1 is 1.69 bits per heavy atom. The Bertz CT molecular complexity index is 395. The normalized spacial score (nSPS) is 15.0. The summed E-state index contributed by atoms with van der Waals surface area (Å²) in [7, 11) is 0. The van der Waals surface area contributed by atoms with Gasteiger partial charge in [0.05, 0.1) is 12.7 Å². The van der Waals surface area contributed by atoms with Crippen molar-refractivity contribution in [2.75, 3.05) is 0 Å². The van der Waals surface area contributed by atoms with Crippen molar-refractivity contribution in [2.45, 2.75) is 13.0 Å². The molecule has 4 nitrogen and oxygen atoms in total. The van der Waals surface area contributed by atoms with Crippen LogP contribution in [-0.4, -0.2) is 20.6 Å². The van der Waals surface area contributed by atoms with Crippen molar-refractivity contribution in [3.05, 3.63) is 27.4 Å². The third-order valence-corrected chi connectivity index (χ3v) is 2.75.